The zero-order valence-corrected chi connectivity index (χ0v) is 11.9. The number of aromatic nitrogens is 1. The molecule has 2 N–H and O–H groups in total. The van der Waals surface area contributed by atoms with E-state index in [-0.39, 0.29) is 6.04 Å². The Bertz CT molecular complexity index is 555. The molecule has 0 saturated heterocycles. The van der Waals surface area contributed by atoms with Crippen molar-refractivity contribution >= 4 is 15.9 Å². The second-order valence-corrected chi connectivity index (χ2v) is 5.11. The molecule has 1 heterocycles. The first kappa shape index (κ1) is 13.1. The molecule has 0 bridgehead atoms. The van der Waals surface area contributed by atoms with Crippen LogP contribution in [0.25, 0.3) is 0 Å². The fourth-order valence-corrected chi connectivity index (χ4v) is 2.14. The summed E-state index contributed by atoms with van der Waals surface area (Å²) in [5.74, 6) is 1.30. The molecule has 0 aliphatic rings. The van der Waals surface area contributed by atoms with Crippen LogP contribution in [0.4, 0.5) is 0 Å². The van der Waals surface area contributed by atoms with E-state index in [4.69, 9.17) is 10.5 Å². The monoisotopic (exact) mass is 306 g/mol. The summed E-state index contributed by atoms with van der Waals surface area (Å²) in [5.41, 5.74) is 8.01. The lowest BCUT2D eigenvalue weighted by atomic mass is 10.1. The molecule has 94 valence electrons. The number of nitrogens with zero attached hydrogens (tertiary/aromatic N) is 1. The summed E-state index contributed by atoms with van der Waals surface area (Å²) < 4.78 is 6.65. The van der Waals surface area contributed by atoms with Gasteiger partial charge in [-0.05, 0) is 59.1 Å². The molecule has 2 aromatic rings. The third kappa shape index (κ3) is 3.09. The van der Waals surface area contributed by atoms with Gasteiger partial charge in [-0.3, -0.25) is 0 Å². The van der Waals surface area contributed by atoms with Crippen LogP contribution in [0.15, 0.2) is 41.0 Å². The number of hydrogen-bond donors (Lipinski definition) is 1. The Morgan fingerprint density at radius 3 is 2.72 bits per heavy atom. The van der Waals surface area contributed by atoms with Crippen LogP contribution >= 0.6 is 15.9 Å². The van der Waals surface area contributed by atoms with E-state index in [1.165, 1.54) is 5.56 Å². The van der Waals surface area contributed by atoms with Crippen LogP contribution in [0, 0.1) is 6.92 Å². The predicted molar refractivity (Wildman–Crippen MR) is 75.8 cm³/mol. The molecule has 18 heavy (non-hydrogen) atoms. The minimum atomic E-state index is -0.0307. The summed E-state index contributed by atoms with van der Waals surface area (Å²) in [7, 11) is 0. The summed E-state index contributed by atoms with van der Waals surface area (Å²) in [6, 6.07) is 9.63. The average Bonchev–Trinajstić information content (AvgIpc) is 2.33. The molecule has 0 saturated carbocycles. The van der Waals surface area contributed by atoms with Gasteiger partial charge in [0.1, 0.15) is 5.75 Å². The van der Waals surface area contributed by atoms with Crippen molar-refractivity contribution in [1.82, 2.24) is 4.98 Å². The van der Waals surface area contributed by atoms with Crippen LogP contribution < -0.4 is 10.5 Å². The van der Waals surface area contributed by atoms with Crippen molar-refractivity contribution in [1.29, 1.82) is 0 Å². The Kier molecular flexibility index (Phi) is 3.99. The largest absolute Gasteiger partial charge is 0.438 e. The van der Waals surface area contributed by atoms with Gasteiger partial charge in [-0.2, -0.15) is 0 Å². The molecule has 1 atom stereocenters. The van der Waals surface area contributed by atoms with Gasteiger partial charge in [0, 0.05) is 18.3 Å². The van der Waals surface area contributed by atoms with E-state index in [0.717, 1.165) is 15.8 Å². The minimum absolute atomic E-state index is 0.0307. The highest BCUT2D eigenvalue weighted by molar-refractivity contribution is 9.10. The summed E-state index contributed by atoms with van der Waals surface area (Å²) in [4.78, 5) is 4.18. The number of ether oxygens (including phenoxy) is 1. The maximum absolute atomic E-state index is 5.83. The normalized spacial score (nSPS) is 12.2. The SMILES string of the molecule is Cc1ccc(Oc2cc(C(C)N)ccn2)c(Br)c1. The van der Waals surface area contributed by atoms with Crippen LogP contribution in [-0.4, -0.2) is 4.98 Å². The number of benzene rings is 1. The van der Waals surface area contributed by atoms with Gasteiger partial charge < -0.3 is 10.5 Å². The van der Waals surface area contributed by atoms with Gasteiger partial charge in [0.25, 0.3) is 0 Å². The predicted octanol–water partition coefficient (Wildman–Crippen LogP) is 3.96. The average molecular weight is 307 g/mol. The topological polar surface area (TPSA) is 48.1 Å². The van der Waals surface area contributed by atoms with Gasteiger partial charge in [-0.15, -0.1) is 0 Å². The number of halogens is 1. The lowest BCUT2D eigenvalue weighted by Crippen LogP contribution is -2.05. The number of nitrogens with two attached hydrogens (primary N) is 1. The Morgan fingerprint density at radius 2 is 2.06 bits per heavy atom. The smallest absolute Gasteiger partial charge is 0.219 e. The third-order valence-electron chi connectivity index (χ3n) is 2.59. The molecular formula is C14H15BrN2O. The molecule has 0 aliphatic carbocycles. The van der Waals surface area contributed by atoms with E-state index in [2.05, 4.69) is 20.9 Å². The molecule has 1 unspecified atom stereocenters. The summed E-state index contributed by atoms with van der Waals surface area (Å²) in [6.45, 7) is 3.96. The van der Waals surface area contributed by atoms with Crippen molar-refractivity contribution in [3.63, 3.8) is 0 Å². The van der Waals surface area contributed by atoms with Crippen molar-refractivity contribution in [3.05, 3.63) is 52.1 Å². The first-order chi connectivity index (χ1) is 8.56. The van der Waals surface area contributed by atoms with Crippen molar-refractivity contribution in [2.75, 3.05) is 0 Å². The van der Waals surface area contributed by atoms with E-state index in [9.17, 15) is 0 Å². The summed E-state index contributed by atoms with van der Waals surface area (Å²) in [5, 5.41) is 0. The van der Waals surface area contributed by atoms with Crippen molar-refractivity contribution in [2.24, 2.45) is 5.73 Å². The van der Waals surface area contributed by atoms with Crippen molar-refractivity contribution in [2.45, 2.75) is 19.9 Å². The second-order valence-electron chi connectivity index (χ2n) is 4.25. The molecule has 0 amide bonds. The fourth-order valence-electron chi connectivity index (χ4n) is 1.57. The quantitative estimate of drug-likeness (QED) is 0.933. The number of hydrogen-bond acceptors (Lipinski definition) is 3. The van der Waals surface area contributed by atoms with Crippen molar-refractivity contribution in [3.8, 4) is 11.6 Å². The van der Waals surface area contributed by atoms with E-state index in [1.807, 2.05) is 44.2 Å². The Balaban J connectivity index is 2.25. The summed E-state index contributed by atoms with van der Waals surface area (Å²) >= 11 is 3.47. The second kappa shape index (κ2) is 5.50. The Morgan fingerprint density at radius 1 is 1.28 bits per heavy atom. The summed E-state index contributed by atoms with van der Waals surface area (Å²) in [6.07, 6.45) is 1.70. The third-order valence-corrected chi connectivity index (χ3v) is 3.21. The highest BCUT2D eigenvalue weighted by Gasteiger charge is 2.06. The standard InChI is InChI=1S/C14H15BrN2O/c1-9-3-4-13(12(15)7-9)18-14-8-11(10(2)16)5-6-17-14/h3-8,10H,16H2,1-2H3. The molecule has 4 heteroatoms. The number of rotatable bonds is 3. The van der Waals surface area contributed by atoms with Gasteiger partial charge in [0.15, 0.2) is 0 Å². The van der Waals surface area contributed by atoms with Crippen LogP contribution in [0.5, 0.6) is 11.6 Å². The molecule has 0 fully saturated rings. The molecule has 0 aliphatic heterocycles. The van der Waals surface area contributed by atoms with Crippen LogP contribution in [0.2, 0.25) is 0 Å². The zero-order chi connectivity index (χ0) is 13.1. The lowest BCUT2D eigenvalue weighted by Gasteiger charge is -2.10. The van der Waals surface area contributed by atoms with Crippen molar-refractivity contribution < 1.29 is 4.74 Å². The molecule has 0 radical (unpaired) electrons. The highest BCUT2D eigenvalue weighted by atomic mass is 79.9. The number of aryl methyl sites for hydroxylation is 1. The Hall–Kier alpha value is -1.39. The highest BCUT2D eigenvalue weighted by Crippen LogP contribution is 2.30. The molecule has 1 aromatic heterocycles. The van der Waals surface area contributed by atoms with Gasteiger partial charge in [-0.1, -0.05) is 6.07 Å². The van der Waals surface area contributed by atoms with Crippen LogP contribution in [0.3, 0.4) is 0 Å². The zero-order valence-electron chi connectivity index (χ0n) is 10.4. The molecular weight excluding hydrogens is 292 g/mol. The fraction of sp³-hybridized carbons (Fsp3) is 0.214. The molecule has 3 nitrogen and oxygen atoms in total. The van der Waals surface area contributed by atoms with Gasteiger partial charge in [-0.25, -0.2) is 4.98 Å². The maximum Gasteiger partial charge on any atom is 0.219 e. The first-order valence-corrected chi connectivity index (χ1v) is 6.51. The minimum Gasteiger partial charge on any atom is -0.438 e. The van der Waals surface area contributed by atoms with Gasteiger partial charge in [0.2, 0.25) is 5.88 Å². The van der Waals surface area contributed by atoms with E-state index >= 15 is 0 Å². The van der Waals surface area contributed by atoms with E-state index < -0.39 is 0 Å². The van der Waals surface area contributed by atoms with E-state index in [1.54, 1.807) is 6.20 Å². The molecule has 1 aromatic carbocycles. The Labute approximate surface area is 115 Å². The first-order valence-electron chi connectivity index (χ1n) is 5.72. The lowest BCUT2D eigenvalue weighted by molar-refractivity contribution is 0.458. The van der Waals surface area contributed by atoms with Crippen LogP contribution in [0.1, 0.15) is 24.1 Å². The maximum atomic E-state index is 5.83. The van der Waals surface area contributed by atoms with E-state index in [0.29, 0.717) is 5.88 Å². The van der Waals surface area contributed by atoms with Gasteiger partial charge in [0.05, 0.1) is 4.47 Å². The molecule has 2 rings (SSSR count). The number of pyridine rings is 1. The van der Waals surface area contributed by atoms with Crippen LogP contribution in [-0.2, 0) is 0 Å². The van der Waals surface area contributed by atoms with Gasteiger partial charge >= 0.3 is 0 Å². The molecule has 0 spiro atoms.